The third-order valence-corrected chi connectivity index (χ3v) is 1.89. The summed E-state index contributed by atoms with van der Waals surface area (Å²) < 4.78 is 4.44. The summed E-state index contributed by atoms with van der Waals surface area (Å²) in [7, 11) is 1.34. The lowest BCUT2D eigenvalue weighted by Gasteiger charge is -1.99. The molecule has 0 fully saturated rings. The highest BCUT2D eigenvalue weighted by Gasteiger charge is 2.05. The first-order valence-electron chi connectivity index (χ1n) is 4.79. The van der Waals surface area contributed by atoms with Crippen molar-refractivity contribution in [2.24, 2.45) is 0 Å². The van der Waals surface area contributed by atoms with E-state index in [-0.39, 0.29) is 18.2 Å². The van der Waals surface area contributed by atoms with Gasteiger partial charge in [-0.15, -0.1) is 0 Å². The Bertz CT molecular complexity index is 164. The Hall–Kier alpha value is -0.860. The van der Waals surface area contributed by atoms with Crippen LogP contribution in [0.1, 0.15) is 45.4 Å². The molecule has 0 spiro atoms. The number of Topliss-reactive ketones (excluding diaryl/α,β-unsaturated/α-hetero) is 1. The lowest BCUT2D eigenvalue weighted by Crippen LogP contribution is -2.05. The number of esters is 1. The van der Waals surface area contributed by atoms with Gasteiger partial charge in [0.25, 0.3) is 0 Å². The van der Waals surface area contributed by atoms with E-state index < -0.39 is 0 Å². The van der Waals surface area contributed by atoms with Gasteiger partial charge in [-0.25, -0.2) is 0 Å². The molecule has 0 N–H and O–H groups in total. The van der Waals surface area contributed by atoms with Crippen LogP contribution in [-0.2, 0) is 14.3 Å². The number of rotatable bonds is 7. The van der Waals surface area contributed by atoms with Crippen LogP contribution in [0.25, 0.3) is 0 Å². The van der Waals surface area contributed by atoms with Crippen LogP contribution in [-0.4, -0.2) is 18.9 Å². The van der Waals surface area contributed by atoms with Crippen molar-refractivity contribution in [3.05, 3.63) is 0 Å². The highest BCUT2D eigenvalue weighted by Crippen LogP contribution is 2.03. The van der Waals surface area contributed by atoms with Crippen LogP contribution in [0, 0.1) is 0 Å². The summed E-state index contributed by atoms with van der Waals surface area (Å²) in [4.78, 5) is 21.8. The molecule has 0 aromatic carbocycles. The van der Waals surface area contributed by atoms with E-state index in [0.29, 0.717) is 12.8 Å². The number of unbranched alkanes of at least 4 members (excludes halogenated alkanes) is 2. The number of carbonyl (C=O) groups is 2. The minimum Gasteiger partial charge on any atom is -0.469 e. The zero-order valence-electron chi connectivity index (χ0n) is 8.47. The smallest absolute Gasteiger partial charge is 0.305 e. The van der Waals surface area contributed by atoms with Gasteiger partial charge in [0, 0.05) is 12.8 Å². The standard InChI is InChI=1S/C10H18O3/c1-3-4-5-6-9(11)7-8-10(12)13-2/h3-8H2,1-2H3. The van der Waals surface area contributed by atoms with E-state index >= 15 is 0 Å². The molecule has 0 amide bonds. The summed E-state index contributed by atoms with van der Waals surface area (Å²) in [6.07, 6.45) is 4.30. The van der Waals surface area contributed by atoms with E-state index in [0.717, 1.165) is 19.3 Å². The monoisotopic (exact) mass is 186 g/mol. The first-order valence-corrected chi connectivity index (χ1v) is 4.79. The molecule has 0 atom stereocenters. The zero-order chi connectivity index (χ0) is 10.1. The number of ketones is 1. The van der Waals surface area contributed by atoms with Crippen molar-refractivity contribution < 1.29 is 14.3 Å². The van der Waals surface area contributed by atoms with Crippen molar-refractivity contribution in [3.63, 3.8) is 0 Å². The van der Waals surface area contributed by atoms with E-state index in [1.807, 2.05) is 0 Å². The first-order chi connectivity index (χ1) is 6.20. The number of hydrogen-bond acceptors (Lipinski definition) is 3. The van der Waals surface area contributed by atoms with Crippen LogP contribution >= 0.6 is 0 Å². The molecule has 3 heteroatoms. The van der Waals surface area contributed by atoms with Crippen molar-refractivity contribution in [1.82, 2.24) is 0 Å². The van der Waals surface area contributed by atoms with Gasteiger partial charge in [0.15, 0.2) is 0 Å². The van der Waals surface area contributed by atoms with Gasteiger partial charge < -0.3 is 4.74 Å². The molecule has 0 aliphatic heterocycles. The molecular formula is C10H18O3. The van der Waals surface area contributed by atoms with Gasteiger partial charge >= 0.3 is 5.97 Å². The average Bonchev–Trinajstić information content (AvgIpc) is 2.14. The van der Waals surface area contributed by atoms with Gasteiger partial charge in [0.2, 0.25) is 0 Å². The Balaban J connectivity index is 3.35. The predicted octanol–water partition coefficient (Wildman–Crippen LogP) is 2.09. The molecule has 0 saturated carbocycles. The van der Waals surface area contributed by atoms with Crippen LogP contribution in [0.4, 0.5) is 0 Å². The van der Waals surface area contributed by atoms with E-state index in [4.69, 9.17) is 0 Å². The maximum atomic E-state index is 11.1. The third kappa shape index (κ3) is 7.50. The molecule has 0 aromatic rings. The highest BCUT2D eigenvalue weighted by molar-refractivity contribution is 5.82. The molecule has 0 aliphatic rings. The molecule has 0 radical (unpaired) electrons. The maximum Gasteiger partial charge on any atom is 0.305 e. The van der Waals surface area contributed by atoms with Crippen molar-refractivity contribution in [1.29, 1.82) is 0 Å². The second-order valence-corrected chi connectivity index (χ2v) is 3.07. The molecule has 0 saturated heterocycles. The number of methoxy groups -OCH3 is 1. The van der Waals surface area contributed by atoms with Crippen LogP contribution in [0.3, 0.4) is 0 Å². The molecule has 0 rings (SSSR count). The summed E-state index contributed by atoms with van der Waals surface area (Å²) in [5.41, 5.74) is 0. The lowest BCUT2D eigenvalue weighted by molar-refractivity contribution is -0.141. The van der Waals surface area contributed by atoms with Gasteiger partial charge in [-0.2, -0.15) is 0 Å². The maximum absolute atomic E-state index is 11.1. The predicted molar refractivity (Wildman–Crippen MR) is 50.4 cm³/mol. The fourth-order valence-corrected chi connectivity index (χ4v) is 1.04. The van der Waals surface area contributed by atoms with Crippen molar-refractivity contribution >= 4 is 11.8 Å². The Morgan fingerprint density at radius 1 is 1.08 bits per heavy atom. The Kier molecular flexibility index (Phi) is 7.26. The molecular weight excluding hydrogens is 168 g/mol. The van der Waals surface area contributed by atoms with Crippen molar-refractivity contribution in [3.8, 4) is 0 Å². The zero-order valence-corrected chi connectivity index (χ0v) is 8.47. The van der Waals surface area contributed by atoms with Crippen LogP contribution in [0.5, 0.6) is 0 Å². The molecule has 0 aliphatic carbocycles. The fraction of sp³-hybridized carbons (Fsp3) is 0.800. The average molecular weight is 186 g/mol. The molecule has 13 heavy (non-hydrogen) atoms. The van der Waals surface area contributed by atoms with Crippen molar-refractivity contribution in [2.75, 3.05) is 7.11 Å². The first kappa shape index (κ1) is 12.1. The quantitative estimate of drug-likeness (QED) is 0.451. The summed E-state index contributed by atoms with van der Waals surface area (Å²) in [6.45, 7) is 2.10. The van der Waals surface area contributed by atoms with E-state index in [1.165, 1.54) is 7.11 Å². The number of carbonyl (C=O) groups excluding carboxylic acids is 2. The fourth-order valence-electron chi connectivity index (χ4n) is 1.04. The second-order valence-electron chi connectivity index (χ2n) is 3.07. The number of hydrogen-bond donors (Lipinski definition) is 0. The second kappa shape index (κ2) is 7.77. The third-order valence-electron chi connectivity index (χ3n) is 1.89. The summed E-state index contributed by atoms with van der Waals surface area (Å²) in [5, 5.41) is 0. The molecule has 0 aromatic heterocycles. The van der Waals surface area contributed by atoms with Crippen LogP contribution in [0.15, 0.2) is 0 Å². The van der Waals surface area contributed by atoms with E-state index in [2.05, 4.69) is 11.7 Å². The van der Waals surface area contributed by atoms with E-state index in [1.54, 1.807) is 0 Å². The highest BCUT2D eigenvalue weighted by atomic mass is 16.5. The van der Waals surface area contributed by atoms with Gasteiger partial charge in [-0.05, 0) is 6.42 Å². The van der Waals surface area contributed by atoms with Crippen molar-refractivity contribution in [2.45, 2.75) is 45.4 Å². The van der Waals surface area contributed by atoms with Gasteiger partial charge in [-0.3, -0.25) is 9.59 Å². The Morgan fingerprint density at radius 3 is 2.31 bits per heavy atom. The Morgan fingerprint density at radius 2 is 1.77 bits per heavy atom. The largest absolute Gasteiger partial charge is 0.469 e. The summed E-state index contributed by atoms with van der Waals surface area (Å²) in [6, 6.07) is 0. The minimum absolute atomic E-state index is 0.166. The molecule has 3 nitrogen and oxygen atoms in total. The Labute approximate surface area is 79.5 Å². The SMILES string of the molecule is CCCCCC(=O)CCC(=O)OC. The van der Waals surface area contributed by atoms with Gasteiger partial charge in [0.05, 0.1) is 13.5 Å². The molecule has 0 unspecified atom stereocenters. The van der Waals surface area contributed by atoms with Gasteiger partial charge in [-0.1, -0.05) is 19.8 Å². The number of ether oxygens (including phenoxy) is 1. The summed E-state index contributed by atoms with van der Waals surface area (Å²) in [5.74, 6) is -0.136. The minimum atomic E-state index is -0.302. The topological polar surface area (TPSA) is 43.4 Å². The normalized spacial score (nSPS) is 9.69. The lowest BCUT2D eigenvalue weighted by atomic mass is 10.1. The molecule has 0 heterocycles. The van der Waals surface area contributed by atoms with Crippen LogP contribution in [0.2, 0.25) is 0 Å². The van der Waals surface area contributed by atoms with Gasteiger partial charge in [0.1, 0.15) is 5.78 Å². The van der Waals surface area contributed by atoms with E-state index in [9.17, 15) is 9.59 Å². The molecule has 76 valence electrons. The summed E-state index contributed by atoms with van der Waals surface area (Å²) >= 11 is 0. The molecule has 0 bridgehead atoms. The van der Waals surface area contributed by atoms with Crippen LogP contribution < -0.4 is 0 Å².